The lowest BCUT2D eigenvalue weighted by Crippen LogP contribution is -2.23. The van der Waals surface area contributed by atoms with Gasteiger partial charge in [-0.2, -0.15) is 0 Å². The van der Waals surface area contributed by atoms with Crippen LogP contribution in [-0.2, 0) is 9.65 Å². The van der Waals surface area contributed by atoms with Gasteiger partial charge in [0, 0.05) is 17.0 Å². The summed E-state index contributed by atoms with van der Waals surface area (Å²) in [5, 5.41) is 1.35. The van der Waals surface area contributed by atoms with Crippen molar-refractivity contribution >= 4 is 42.8 Å². The van der Waals surface area contributed by atoms with Crippen molar-refractivity contribution in [3.05, 3.63) is 45.8 Å². The van der Waals surface area contributed by atoms with E-state index in [0.29, 0.717) is 10.7 Å². The van der Waals surface area contributed by atoms with Crippen molar-refractivity contribution in [3.8, 4) is 0 Å². The van der Waals surface area contributed by atoms with Crippen LogP contribution in [0.3, 0.4) is 0 Å². The summed E-state index contributed by atoms with van der Waals surface area (Å²) in [5.74, 6) is 0.781. The quantitative estimate of drug-likeness (QED) is 0.646. The summed E-state index contributed by atoms with van der Waals surface area (Å²) in [4.78, 5) is 12.4. The van der Waals surface area contributed by atoms with Gasteiger partial charge in [0.25, 0.3) is 0 Å². The summed E-state index contributed by atoms with van der Waals surface area (Å²) in [7, 11) is 0. The van der Waals surface area contributed by atoms with Crippen LogP contribution >= 0.6 is 31.9 Å². The van der Waals surface area contributed by atoms with Gasteiger partial charge >= 0.3 is 0 Å². The summed E-state index contributed by atoms with van der Waals surface area (Å²) in [5.41, 5.74) is 1.79. The molecule has 1 aliphatic rings. The molecule has 1 fully saturated rings. The van der Waals surface area contributed by atoms with Crippen molar-refractivity contribution in [3.63, 3.8) is 0 Å². The minimum atomic E-state index is -0.169. The summed E-state index contributed by atoms with van der Waals surface area (Å²) >= 11 is 7.29. The van der Waals surface area contributed by atoms with Crippen LogP contribution in [0.1, 0.15) is 43.4 Å². The van der Waals surface area contributed by atoms with Crippen LogP contribution in [0, 0.1) is 0 Å². The van der Waals surface area contributed by atoms with E-state index in [1.807, 2.05) is 18.2 Å². The number of rotatable bonds is 2. The minimum absolute atomic E-state index is 0.0495. The lowest BCUT2D eigenvalue weighted by Gasteiger charge is -2.30. The Hall–Kier alpha value is -0.610. The van der Waals surface area contributed by atoms with Gasteiger partial charge in [0.2, 0.25) is 0 Å². The van der Waals surface area contributed by atoms with Gasteiger partial charge < -0.3 is 4.42 Å². The first kappa shape index (κ1) is 14.3. The summed E-state index contributed by atoms with van der Waals surface area (Å²) < 4.78 is 5.96. The molecule has 0 spiro atoms. The highest BCUT2D eigenvalue weighted by atomic mass is 79.9. The second kappa shape index (κ2) is 5.64. The number of fused-ring (bicyclic) bond motifs is 1. The fourth-order valence-corrected chi connectivity index (χ4v) is 4.12. The third-order valence-corrected chi connectivity index (χ3v) is 5.86. The Labute approximate surface area is 134 Å². The topological polar surface area (TPSA) is 30.2 Å². The fraction of sp³-hybridized carbons (Fsp3) is 0.438. The van der Waals surface area contributed by atoms with Crippen LogP contribution in [0.15, 0.2) is 33.5 Å². The number of para-hydroxylation sites is 1. The predicted molar refractivity (Wildman–Crippen MR) is 88.8 cm³/mol. The predicted octanol–water partition coefficient (Wildman–Crippen LogP) is 5.24. The van der Waals surface area contributed by atoms with Crippen LogP contribution in [0.25, 0.3) is 11.0 Å². The van der Waals surface area contributed by atoms with E-state index in [9.17, 15) is 4.79 Å². The van der Waals surface area contributed by atoms with Crippen LogP contribution in [0.4, 0.5) is 0 Å². The van der Waals surface area contributed by atoms with Crippen LogP contribution in [-0.4, -0.2) is 0 Å². The molecule has 4 heteroatoms. The second-order valence-electron chi connectivity index (χ2n) is 5.43. The van der Waals surface area contributed by atoms with E-state index in [-0.39, 0.29) is 9.75 Å². The van der Waals surface area contributed by atoms with Crippen molar-refractivity contribution in [2.75, 3.05) is 0 Å². The molecular formula is C16H16Br2O2. The van der Waals surface area contributed by atoms with Gasteiger partial charge in [-0.25, -0.2) is 0 Å². The molecular weight excluding hydrogens is 384 g/mol. The molecule has 0 bridgehead atoms. The third-order valence-electron chi connectivity index (χ3n) is 4.07. The van der Waals surface area contributed by atoms with Gasteiger partial charge in [-0.05, 0) is 18.9 Å². The maximum atomic E-state index is 12.4. The van der Waals surface area contributed by atoms with Crippen LogP contribution in [0.5, 0.6) is 0 Å². The van der Waals surface area contributed by atoms with Crippen LogP contribution in [0.2, 0.25) is 0 Å². The smallest absolute Gasteiger partial charge is 0.193 e. The molecule has 0 radical (unpaired) electrons. The first-order chi connectivity index (χ1) is 9.64. The Kier molecular flexibility index (Phi) is 4.04. The van der Waals surface area contributed by atoms with E-state index in [1.165, 1.54) is 19.3 Å². The van der Waals surface area contributed by atoms with Crippen LogP contribution < -0.4 is 5.43 Å². The molecule has 1 heterocycles. The zero-order chi connectivity index (χ0) is 14.2. The Morgan fingerprint density at radius 1 is 1.20 bits per heavy atom. The fourth-order valence-electron chi connectivity index (χ4n) is 2.92. The Morgan fingerprint density at radius 2 is 1.95 bits per heavy atom. The molecule has 1 aromatic heterocycles. The first-order valence-electron chi connectivity index (χ1n) is 6.95. The molecule has 3 rings (SSSR count). The molecule has 0 N–H and O–H groups in total. The van der Waals surface area contributed by atoms with E-state index in [0.717, 1.165) is 29.7 Å². The van der Waals surface area contributed by atoms with Gasteiger partial charge in [-0.3, -0.25) is 4.79 Å². The summed E-state index contributed by atoms with van der Waals surface area (Å²) in [6.07, 6.45) is 5.66. The van der Waals surface area contributed by atoms with E-state index < -0.39 is 0 Å². The summed E-state index contributed by atoms with van der Waals surface area (Å²) in [6, 6.07) is 7.39. The molecule has 106 valence electrons. The molecule has 1 saturated carbocycles. The van der Waals surface area contributed by atoms with Gasteiger partial charge in [-0.1, -0.05) is 63.3 Å². The Bertz CT molecular complexity index is 684. The number of alkyl halides is 2. The van der Waals surface area contributed by atoms with Crippen molar-refractivity contribution in [2.45, 2.75) is 41.8 Å². The van der Waals surface area contributed by atoms with Crippen molar-refractivity contribution in [1.82, 2.24) is 0 Å². The van der Waals surface area contributed by atoms with Gasteiger partial charge in [0.1, 0.15) is 11.3 Å². The molecule has 0 aliphatic heterocycles. The molecule has 0 saturated heterocycles. The van der Waals surface area contributed by atoms with Gasteiger partial charge in [0.15, 0.2) is 5.43 Å². The van der Waals surface area contributed by atoms with Crippen molar-refractivity contribution in [2.24, 2.45) is 0 Å². The second-order valence-corrected chi connectivity index (χ2v) is 7.51. The summed E-state index contributed by atoms with van der Waals surface area (Å²) in [6.45, 7) is 0. The Balaban J connectivity index is 2.20. The van der Waals surface area contributed by atoms with E-state index >= 15 is 0 Å². The molecule has 0 unspecified atom stereocenters. The van der Waals surface area contributed by atoms with Crippen molar-refractivity contribution in [1.29, 1.82) is 0 Å². The minimum Gasteiger partial charge on any atom is -0.459 e. The highest BCUT2D eigenvalue weighted by Gasteiger charge is 2.34. The molecule has 0 amide bonds. The zero-order valence-corrected chi connectivity index (χ0v) is 14.3. The number of hydrogen-bond donors (Lipinski definition) is 0. The zero-order valence-electron chi connectivity index (χ0n) is 11.1. The first-order valence-corrected chi connectivity index (χ1v) is 8.87. The average molecular weight is 400 g/mol. The molecule has 20 heavy (non-hydrogen) atoms. The standard InChI is InChI=1S/C16H16Br2O2/c17-10-11-5-4-6-12-13(19)9-14(20-15(11)12)16(18)7-2-1-3-8-16/h4-6,9H,1-3,7-8,10H2. The lowest BCUT2D eigenvalue weighted by atomic mass is 9.87. The van der Waals surface area contributed by atoms with E-state index in [4.69, 9.17) is 4.42 Å². The monoisotopic (exact) mass is 398 g/mol. The normalized spacial score (nSPS) is 18.3. The van der Waals surface area contributed by atoms with E-state index in [1.54, 1.807) is 6.07 Å². The highest BCUT2D eigenvalue weighted by molar-refractivity contribution is 9.09. The molecule has 2 nitrogen and oxygen atoms in total. The SMILES string of the molecule is O=c1cc(C2(Br)CCCCC2)oc2c(CBr)cccc12. The van der Waals surface area contributed by atoms with Gasteiger partial charge in [0.05, 0.1) is 9.71 Å². The molecule has 0 atom stereocenters. The number of benzene rings is 1. The average Bonchev–Trinajstić information content (AvgIpc) is 2.47. The molecule has 2 aromatic rings. The lowest BCUT2D eigenvalue weighted by molar-refractivity contribution is 0.354. The molecule has 1 aliphatic carbocycles. The highest BCUT2D eigenvalue weighted by Crippen LogP contribution is 2.44. The maximum absolute atomic E-state index is 12.4. The van der Waals surface area contributed by atoms with E-state index in [2.05, 4.69) is 31.9 Å². The van der Waals surface area contributed by atoms with Crippen molar-refractivity contribution < 1.29 is 4.42 Å². The Morgan fingerprint density at radius 3 is 2.65 bits per heavy atom. The maximum Gasteiger partial charge on any atom is 0.193 e. The van der Waals surface area contributed by atoms with Gasteiger partial charge in [-0.15, -0.1) is 0 Å². The third kappa shape index (κ3) is 2.48. The number of hydrogen-bond acceptors (Lipinski definition) is 2. The largest absolute Gasteiger partial charge is 0.459 e. The number of halogens is 2. The molecule has 1 aromatic carbocycles.